The van der Waals surface area contributed by atoms with Gasteiger partial charge >= 0.3 is 0 Å². The zero-order valence-electron chi connectivity index (χ0n) is 15.3. The minimum absolute atomic E-state index is 0. The molecule has 0 aromatic rings. The van der Waals surface area contributed by atoms with Gasteiger partial charge < -0.3 is 15.4 Å². The van der Waals surface area contributed by atoms with Crippen molar-refractivity contribution >= 4 is 40.7 Å². The Balaban J connectivity index is 0.00000288. The fourth-order valence-electron chi connectivity index (χ4n) is 3.42. The molecular weight excluding hydrogens is 437 g/mol. The van der Waals surface area contributed by atoms with Crippen LogP contribution in [-0.2, 0) is 15.5 Å². The van der Waals surface area contributed by atoms with E-state index in [1.54, 1.807) is 7.11 Å². The van der Waals surface area contributed by atoms with Crippen LogP contribution >= 0.6 is 24.0 Å². The average Bonchev–Trinajstić information content (AvgIpc) is 3.36. The van der Waals surface area contributed by atoms with Crippen LogP contribution < -0.4 is 10.6 Å². The first-order valence-electron chi connectivity index (χ1n) is 8.96. The normalized spacial score (nSPS) is 27.0. The molecule has 0 aliphatic heterocycles. The number of hydrogen-bond donors (Lipinski definition) is 2. The van der Waals surface area contributed by atoms with Gasteiger partial charge in [-0.3, -0.25) is 9.20 Å². The Bertz CT molecular complexity index is 430. The summed E-state index contributed by atoms with van der Waals surface area (Å²) < 4.78 is 17.3. The van der Waals surface area contributed by atoms with Gasteiger partial charge in [-0.2, -0.15) is 0 Å². The molecular formula is C17H34IN3O2S. The van der Waals surface area contributed by atoms with Crippen molar-refractivity contribution in [1.29, 1.82) is 0 Å². The number of methoxy groups -OCH3 is 1. The van der Waals surface area contributed by atoms with Crippen molar-refractivity contribution in [3.63, 3.8) is 0 Å². The summed E-state index contributed by atoms with van der Waals surface area (Å²) in [6.45, 7) is 3.82. The van der Waals surface area contributed by atoms with Gasteiger partial charge in [-0.25, -0.2) is 0 Å². The molecule has 0 radical (unpaired) electrons. The maximum Gasteiger partial charge on any atom is 0.191 e. The van der Waals surface area contributed by atoms with Gasteiger partial charge in [-0.05, 0) is 43.9 Å². The van der Waals surface area contributed by atoms with E-state index in [2.05, 4.69) is 15.6 Å². The van der Waals surface area contributed by atoms with Crippen LogP contribution in [0.5, 0.6) is 0 Å². The third-order valence-corrected chi connectivity index (χ3v) is 7.01. The average molecular weight is 471 g/mol. The Hall–Kier alpha value is 0.110. The van der Waals surface area contributed by atoms with Crippen molar-refractivity contribution in [2.24, 2.45) is 10.4 Å². The van der Waals surface area contributed by atoms with Crippen molar-refractivity contribution in [2.75, 3.05) is 33.1 Å². The van der Waals surface area contributed by atoms with Crippen LogP contribution in [0.3, 0.4) is 0 Å². The van der Waals surface area contributed by atoms with Crippen LogP contribution in [0.4, 0.5) is 0 Å². The molecule has 24 heavy (non-hydrogen) atoms. The maximum absolute atomic E-state index is 12.1. The second-order valence-corrected chi connectivity index (χ2v) is 8.97. The third kappa shape index (κ3) is 6.78. The zero-order valence-corrected chi connectivity index (χ0v) is 18.5. The molecule has 2 saturated carbocycles. The summed E-state index contributed by atoms with van der Waals surface area (Å²) in [6.07, 6.45) is 8.08. The lowest BCUT2D eigenvalue weighted by molar-refractivity contribution is 0.172. The van der Waals surface area contributed by atoms with Crippen LogP contribution in [0, 0.1) is 5.41 Å². The predicted octanol–water partition coefficient (Wildman–Crippen LogP) is 2.67. The van der Waals surface area contributed by atoms with Gasteiger partial charge in [0.2, 0.25) is 0 Å². The van der Waals surface area contributed by atoms with Crippen LogP contribution in [0.2, 0.25) is 0 Å². The highest BCUT2D eigenvalue weighted by Crippen LogP contribution is 2.48. The van der Waals surface area contributed by atoms with Gasteiger partial charge in [-0.15, -0.1) is 24.0 Å². The smallest absolute Gasteiger partial charge is 0.191 e. The monoisotopic (exact) mass is 471 g/mol. The Morgan fingerprint density at radius 1 is 1.38 bits per heavy atom. The fraction of sp³-hybridized carbons (Fsp3) is 0.941. The van der Waals surface area contributed by atoms with Crippen molar-refractivity contribution in [2.45, 2.75) is 63.2 Å². The van der Waals surface area contributed by atoms with E-state index in [0.29, 0.717) is 16.7 Å². The van der Waals surface area contributed by atoms with E-state index in [1.165, 1.54) is 12.8 Å². The number of nitrogens with zero attached hydrogens (tertiary/aromatic N) is 1. The minimum Gasteiger partial charge on any atom is -0.385 e. The highest BCUT2D eigenvalue weighted by molar-refractivity contribution is 14.0. The molecule has 0 aromatic carbocycles. The Morgan fingerprint density at radius 3 is 2.71 bits per heavy atom. The largest absolute Gasteiger partial charge is 0.385 e. The number of aliphatic imine (C=N–C) groups is 1. The van der Waals surface area contributed by atoms with Crippen LogP contribution in [0.25, 0.3) is 0 Å². The van der Waals surface area contributed by atoms with Gasteiger partial charge in [0, 0.05) is 55.2 Å². The summed E-state index contributed by atoms with van der Waals surface area (Å²) in [5, 5.41) is 7.39. The van der Waals surface area contributed by atoms with Crippen LogP contribution in [0.1, 0.15) is 51.9 Å². The SMILES string of the molecule is CCS(=O)C1CCCC(NC(=NC)NCC2(CCOC)CC2)C1.I. The van der Waals surface area contributed by atoms with E-state index in [0.717, 1.165) is 57.0 Å². The lowest BCUT2D eigenvalue weighted by Gasteiger charge is -2.30. The summed E-state index contributed by atoms with van der Waals surface area (Å²) in [6, 6.07) is 0.393. The number of nitrogens with one attached hydrogen (secondary N) is 2. The number of ether oxygens (including phenoxy) is 1. The minimum atomic E-state index is -0.677. The highest BCUT2D eigenvalue weighted by atomic mass is 127. The summed E-state index contributed by atoms with van der Waals surface area (Å²) in [4.78, 5) is 4.37. The molecule has 0 amide bonds. The molecule has 0 bridgehead atoms. The summed E-state index contributed by atoms with van der Waals surface area (Å²) >= 11 is 0. The Kier molecular flexibility index (Phi) is 10.1. The molecule has 0 heterocycles. The standard InChI is InChI=1S/C17H33N3O2S.HI/c1-4-23(21)15-7-5-6-14(12-15)20-16(18-2)19-13-17(8-9-17)10-11-22-3;/h14-15H,4-13H2,1-3H3,(H2,18,19,20);1H. The quantitative estimate of drug-likeness (QED) is 0.325. The molecule has 2 rings (SSSR count). The second-order valence-electron chi connectivity index (χ2n) is 6.97. The number of rotatable bonds is 8. The van der Waals surface area contributed by atoms with Crippen molar-refractivity contribution in [3.8, 4) is 0 Å². The van der Waals surface area contributed by atoms with Crippen LogP contribution in [0.15, 0.2) is 4.99 Å². The molecule has 0 saturated heterocycles. The third-order valence-electron chi connectivity index (χ3n) is 5.27. The predicted molar refractivity (Wildman–Crippen MR) is 113 cm³/mol. The van der Waals surface area contributed by atoms with Crippen molar-refractivity contribution in [3.05, 3.63) is 0 Å². The second kappa shape index (κ2) is 11.0. The number of halogens is 1. The first-order chi connectivity index (χ1) is 11.1. The van der Waals surface area contributed by atoms with E-state index in [9.17, 15) is 4.21 Å². The van der Waals surface area contributed by atoms with Gasteiger partial charge in [0.25, 0.3) is 0 Å². The van der Waals surface area contributed by atoms with Crippen molar-refractivity contribution < 1.29 is 8.95 Å². The summed E-state index contributed by atoms with van der Waals surface area (Å²) in [7, 11) is 2.92. The summed E-state index contributed by atoms with van der Waals surface area (Å²) in [5.41, 5.74) is 0.409. The van der Waals surface area contributed by atoms with Gasteiger partial charge in [-0.1, -0.05) is 13.3 Å². The lowest BCUT2D eigenvalue weighted by atomic mass is 9.95. The molecule has 3 unspecified atom stereocenters. The fourth-order valence-corrected chi connectivity index (χ4v) is 4.77. The Labute approximate surface area is 166 Å². The highest BCUT2D eigenvalue weighted by Gasteiger charge is 2.42. The molecule has 142 valence electrons. The lowest BCUT2D eigenvalue weighted by Crippen LogP contribution is -2.47. The van der Waals surface area contributed by atoms with Crippen LogP contribution in [-0.4, -0.2) is 54.5 Å². The van der Waals surface area contributed by atoms with E-state index in [4.69, 9.17) is 4.74 Å². The van der Waals surface area contributed by atoms with E-state index in [-0.39, 0.29) is 24.0 Å². The van der Waals surface area contributed by atoms with Crippen molar-refractivity contribution in [1.82, 2.24) is 10.6 Å². The molecule has 2 aliphatic carbocycles. The van der Waals surface area contributed by atoms with Gasteiger partial charge in [0.1, 0.15) is 0 Å². The Morgan fingerprint density at radius 2 is 2.12 bits per heavy atom. The molecule has 2 N–H and O–H groups in total. The first-order valence-corrected chi connectivity index (χ1v) is 10.3. The number of hydrogen-bond acceptors (Lipinski definition) is 3. The van der Waals surface area contributed by atoms with Gasteiger partial charge in [0.15, 0.2) is 5.96 Å². The van der Waals surface area contributed by atoms with Gasteiger partial charge in [0.05, 0.1) is 0 Å². The topological polar surface area (TPSA) is 62.7 Å². The molecule has 2 fully saturated rings. The molecule has 2 aliphatic rings. The molecule has 5 nitrogen and oxygen atoms in total. The van der Waals surface area contributed by atoms with E-state index in [1.807, 2.05) is 14.0 Å². The number of guanidine groups is 1. The zero-order chi connectivity index (χ0) is 16.7. The first kappa shape index (κ1) is 22.2. The molecule has 3 atom stereocenters. The summed E-state index contributed by atoms with van der Waals surface area (Å²) in [5.74, 6) is 1.66. The molecule has 0 aromatic heterocycles. The molecule has 0 spiro atoms. The molecule has 7 heteroatoms. The maximum atomic E-state index is 12.1. The van der Waals surface area contributed by atoms with E-state index >= 15 is 0 Å². The van der Waals surface area contributed by atoms with E-state index < -0.39 is 10.8 Å².